The van der Waals surface area contributed by atoms with Crippen molar-refractivity contribution in [3.8, 4) is 0 Å². The summed E-state index contributed by atoms with van der Waals surface area (Å²) in [6.45, 7) is 11.7. The molecule has 0 radical (unpaired) electrons. The van der Waals surface area contributed by atoms with E-state index in [0.717, 1.165) is 25.7 Å². The number of aliphatic hydroxyl groups is 2. The van der Waals surface area contributed by atoms with Crippen LogP contribution in [-0.4, -0.2) is 58.6 Å². The summed E-state index contributed by atoms with van der Waals surface area (Å²) in [6.07, 6.45) is 4.49. The van der Waals surface area contributed by atoms with Crippen molar-refractivity contribution in [2.24, 2.45) is 34.0 Å². The molecule has 38 heavy (non-hydrogen) atoms. The Morgan fingerprint density at radius 2 is 1.82 bits per heavy atom. The third kappa shape index (κ3) is 3.48. The molecule has 6 aliphatic rings. The molecule has 2 heterocycles. The van der Waals surface area contributed by atoms with Gasteiger partial charge in [-0.2, -0.15) is 0 Å². The predicted molar refractivity (Wildman–Crippen MR) is 137 cm³/mol. The average Bonchev–Trinajstić information content (AvgIpc) is 2.96. The first-order chi connectivity index (χ1) is 17.9. The third-order valence-corrected chi connectivity index (χ3v) is 10.9. The summed E-state index contributed by atoms with van der Waals surface area (Å²) >= 11 is 0. The maximum Gasteiger partial charge on any atom is 0.306 e. The van der Waals surface area contributed by atoms with E-state index >= 15 is 0 Å². The van der Waals surface area contributed by atoms with Gasteiger partial charge in [0.1, 0.15) is 23.7 Å². The van der Waals surface area contributed by atoms with Gasteiger partial charge >= 0.3 is 11.9 Å². The predicted octanol–water partition coefficient (Wildman–Crippen LogP) is 3.86. The molecule has 0 aromatic rings. The Hall–Kier alpha value is -1.77. The monoisotopic (exact) mass is 532 g/mol. The van der Waals surface area contributed by atoms with Gasteiger partial charge in [-0.15, -0.1) is 0 Å². The van der Waals surface area contributed by atoms with Gasteiger partial charge in [-0.1, -0.05) is 53.0 Å². The fourth-order valence-corrected chi connectivity index (χ4v) is 9.46. The maximum absolute atomic E-state index is 14.2. The molecule has 2 N–H and O–H groups in total. The van der Waals surface area contributed by atoms with E-state index in [4.69, 9.17) is 14.2 Å². The number of hydrogen-bond donors (Lipinski definition) is 2. The highest BCUT2D eigenvalue weighted by Crippen LogP contribution is 2.77. The lowest BCUT2D eigenvalue weighted by Gasteiger charge is -2.74. The quantitative estimate of drug-likeness (QED) is 0.275. The van der Waals surface area contributed by atoms with Gasteiger partial charge < -0.3 is 24.4 Å². The number of aliphatic hydroxyl groups excluding tert-OH is 1. The molecule has 8 heteroatoms. The molecule has 2 spiro atoms. The van der Waals surface area contributed by atoms with Crippen molar-refractivity contribution in [2.45, 2.75) is 116 Å². The van der Waals surface area contributed by atoms with E-state index < -0.39 is 75.8 Å². The number of ketones is 1. The Morgan fingerprint density at radius 1 is 1.11 bits per heavy atom. The fourth-order valence-electron chi connectivity index (χ4n) is 9.46. The van der Waals surface area contributed by atoms with Crippen molar-refractivity contribution in [2.75, 3.05) is 6.61 Å². The molecule has 4 aliphatic carbocycles. The molecular weight excluding hydrogens is 488 g/mol. The van der Waals surface area contributed by atoms with Crippen LogP contribution in [0.1, 0.15) is 91.9 Å². The van der Waals surface area contributed by atoms with Crippen molar-refractivity contribution in [3.63, 3.8) is 0 Å². The van der Waals surface area contributed by atoms with Crippen molar-refractivity contribution in [1.29, 1.82) is 0 Å². The molecule has 6 rings (SSSR count). The third-order valence-electron chi connectivity index (χ3n) is 10.9. The van der Waals surface area contributed by atoms with E-state index in [1.54, 1.807) is 0 Å². The second kappa shape index (κ2) is 9.41. The van der Waals surface area contributed by atoms with E-state index in [1.165, 1.54) is 6.92 Å². The first-order valence-corrected chi connectivity index (χ1v) is 14.5. The molecule has 212 valence electrons. The van der Waals surface area contributed by atoms with Crippen molar-refractivity contribution in [3.05, 3.63) is 12.2 Å². The van der Waals surface area contributed by atoms with Gasteiger partial charge in [-0.3, -0.25) is 14.4 Å². The second-order valence-corrected chi connectivity index (χ2v) is 13.2. The molecule has 9 atom stereocenters. The zero-order valence-electron chi connectivity index (χ0n) is 23.3. The minimum Gasteiger partial charge on any atom is -0.462 e. The highest BCUT2D eigenvalue weighted by atomic mass is 16.7. The molecule has 0 aromatic heterocycles. The van der Waals surface area contributed by atoms with Gasteiger partial charge in [0.15, 0.2) is 5.78 Å². The highest BCUT2D eigenvalue weighted by Gasteiger charge is 2.88. The summed E-state index contributed by atoms with van der Waals surface area (Å²) in [5, 5.41) is 24.2. The molecule has 0 amide bonds. The van der Waals surface area contributed by atoms with Gasteiger partial charge in [0.2, 0.25) is 5.79 Å². The fraction of sp³-hybridized carbons (Fsp3) is 0.833. The number of rotatable bonds is 8. The van der Waals surface area contributed by atoms with Crippen LogP contribution < -0.4 is 0 Å². The number of unbranched alkanes of at least 4 members (excludes halogenated alkanes) is 4. The molecule has 1 unspecified atom stereocenters. The maximum atomic E-state index is 14.2. The van der Waals surface area contributed by atoms with E-state index in [0.29, 0.717) is 37.7 Å². The largest absolute Gasteiger partial charge is 0.462 e. The Morgan fingerprint density at radius 3 is 2.50 bits per heavy atom. The van der Waals surface area contributed by atoms with Crippen LogP contribution in [0.4, 0.5) is 0 Å². The average molecular weight is 533 g/mol. The summed E-state index contributed by atoms with van der Waals surface area (Å²) in [6, 6.07) is 0. The SMILES string of the molecule is C=C1C(=O)[C@@]23C(CC[C@@H]1[C@H]2OC(=O)CCCCCCC)[C@@]12CO[C@@]3(O)[C@@H](O)[C@@H]1C(C)(C)CC[C@@H]2OC(C)=O. The highest BCUT2D eigenvalue weighted by molar-refractivity contribution is 6.05. The lowest BCUT2D eigenvalue weighted by molar-refractivity contribution is -0.458. The summed E-state index contributed by atoms with van der Waals surface area (Å²) < 4.78 is 18.2. The standard InChI is InChI=1S/C30H44O8/c1-6-7-8-9-10-11-22(32)38-26-19-12-13-20-28-16-36-30(35,29(20,26)24(33)17(19)2)25(34)23(28)27(4,5)15-14-21(28)37-18(3)31/h19-21,23,25-26,34-35H,2,6-16H2,1,3-5H3/t19-,20?,21-,23+,25-,26+,28+,29-,30-/m0/s1. The summed E-state index contributed by atoms with van der Waals surface area (Å²) in [4.78, 5) is 39.6. The number of carbonyl (C=O) groups is 3. The van der Waals surface area contributed by atoms with E-state index in [1.807, 2.05) is 0 Å². The summed E-state index contributed by atoms with van der Waals surface area (Å²) in [5.41, 5.74) is -2.69. The van der Waals surface area contributed by atoms with E-state index in [-0.39, 0.29) is 13.0 Å². The molecule has 6 fully saturated rings. The van der Waals surface area contributed by atoms with Crippen molar-refractivity contribution < 1.29 is 38.8 Å². The van der Waals surface area contributed by atoms with Crippen LogP contribution in [0.25, 0.3) is 0 Å². The molecule has 4 saturated carbocycles. The van der Waals surface area contributed by atoms with Crippen molar-refractivity contribution in [1.82, 2.24) is 0 Å². The molecule has 4 bridgehead atoms. The number of fused-ring (bicyclic) bond motifs is 2. The molecule has 2 saturated heterocycles. The van der Waals surface area contributed by atoms with Crippen LogP contribution >= 0.6 is 0 Å². The Balaban J connectivity index is 1.57. The van der Waals surface area contributed by atoms with Crippen LogP contribution in [0.2, 0.25) is 0 Å². The number of carbonyl (C=O) groups excluding carboxylic acids is 3. The lowest BCUT2D eigenvalue weighted by atomic mass is 9.35. The number of hydrogen-bond acceptors (Lipinski definition) is 8. The molecule has 0 aromatic carbocycles. The topological polar surface area (TPSA) is 119 Å². The van der Waals surface area contributed by atoms with Crippen LogP contribution in [-0.2, 0) is 28.6 Å². The van der Waals surface area contributed by atoms with Gasteiger partial charge in [0, 0.05) is 30.6 Å². The minimum absolute atomic E-state index is 0.0571. The summed E-state index contributed by atoms with van der Waals surface area (Å²) in [5.74, 6) is -4.89. The number of esters is 2. The minimum atomic E-state index is -2.24. The van der Waals surface area contributed by atoms with Gasteiger partial charge in [0.05, 0.1) is 6.61 Å². The van der Waals surface area contributed by atoms with E-state index in [2.05, 4.69) is 27.4 Å². The Bertz CT molecular complexity index is 1020. The number of Topliss-reactive ketones (excluding diaryl/α,β-unsaturated/α-hetero) is 1. The van der Waals surface area contributed by atoms with E-state index in [9.17, 15) is 24.6 Å². The van der Waals surface area contributed by atoms with Gasteiger partial charge in [-0.25, -0.2) is 0 Å². The van der Waals surface area contributed by atoms with Crippen LogP contribution in [0.5, 0.6) is 0 Å². The zero-order chi connectivity index (χ0) is 27.7. The van der Waals surface area contributed by atoms with Gasteiger partial charge in [0.25, 0.3) is 0 Å². The summed E-state index contributed by atoms with van der Waals surface area (Å²) in [7, 11) is 0. The van der Waals surface area contributed by atoms with Crippen molar-refractivity contribution >= 4 is 17.7 Å². The zero-order valence-corrected chi connectivity index (χ0v) is 23.3. The first kappa shape index (κ1) is 27.8. The molecular formula is C30H44O8. The van der Waals surface area contributed by atoms with Crippen LogP contribution in [0.15, 0.2) is 12.2 Å². The smallest absolute Gasteiger partial charge is 0.306 e. The van der Waals surface area contributed by atoms with Crippen LogP contribution in [0.3, 0.4) is 0 Å². The molecule has 2 aliphatic heterocycles. The lowest BCUT2D eigenvalue weighted by Crippen LogP contribution is -2.86. The second-order valence-electron chi connectivity index (χ2n) is 13.2. The Kier molecular flexibility index (Phi) is 6.88. The van der Waals surface area contributed by atoms with Gasteiger partial charge in [-0.05, 0) is 49.0 Å². The normalized spacial score (nSPS) is 44.4. The first-order valence-electron chi connectivity index (χ1n) is 14.5. The molecule has 8 nitrogen and oxygen atoms in total. The van der Waals surface area contributed by atoms with Crippen LogP contribution in [0, 0.1) is 34.0 Å². The Labute approximate surface area is 225 Å². The number of ether oxygens (including phenoxy) is 3.